The predicted molar refractivity (Wildman–Crippen MR) is 97.2 cm³/mol. The van der Waals surface area contributed by atoms with Gasteiger partial charge in [-0.25, -0.2) is 0 Å². The summed E-state index contributed by atoms with van der Waals surface area (Å²) >= 11 is 0. The summed E-state index contributed by atoms with van der Waals surface area (Å²) < 4.78 is 5.10. The maximum Gasteiger partial charge on any atom is 0.261 e. The Morgan fingerprint density at radius 2 is 2.04 bits per heavy atom. The molecule has 0 bridgehead atoms. The van der Waals surface area contributed by atoms with Crippen molar-refractivity contribution in [1.29, 1.82) is 0 Å². The first-order chi connectivity index (χ1) is 12.4. The monoisotopic (exact) mass is 361 g/mol. The zero-order valence-electron chi connectivity index (χ0n) is 15.8. The molecule has 2 fully saturated rings. The van der Waals surface area contributed by atoms with E-state index in [4.69, 9.17) is 4.74 Å². The van der Waals surface area contributed by atoms with Crippen LogP contribution < -0.4 is 5.56 Å². The second kappa shape index (κ2) is 7.23. The lowest BCUT2D eigenvalue weighted by Crippen LogP contribution is -2.51. The van der Waals surface area contributed by atoms with E-state index in [-0.39, 0.29) is 22.9 Å². The lowest BCUT2D eigenvalue weighted by atomic mass is 9.78. The molecule has 7 heteroatoms. The molecule has 2 amide bonds. The van der Waals surface area contributed by atoms with Gasteiger partial charge in [0.2, 0.25) is 5.91 Å². The smallest absolute Gasteiger partial charge is 0.261 e. The van der Waals surface area contributed by atoms with Crippen molar-refractivity contribution in [1.82, 2.24) is 14.8 Å². The summed E-state index contributed by atoms with van der Waals surface area (Å²) in [4.78, 5) is 44.4. The number of nitrogens with one attached hydrogen (secondary N) is 1. The van der Waals surface area contributed by atoms with E-state index in [0.29, 0.717) is 38.2 Å². The number of hydrogen-bond donors (Lipinski definition) is 1. The van der Waals surface area contributed by atoms with Gasteiger partial charge in [-0.05, 0) is 44.7 Å². The van der Waals surface area contributed by atoms with Crippen LogP contribution in [0.1, 0.15) is 40.9 Å². The third kappa shape index (κ3) is 3.28. The first-order valence-corrected chi connectivity index (χ1v) is 9.16. The van der Waals surface area contributed by atoms with Crippen molar-refractivity contribution >= 4 is 11.8 Å². The Morgan fingerprint density at radius 1 is 1.27 bits per heavy atom. The van der Waals surface area contributed by atoms with Crippen molar-refractivity contribution in [2.24, 2.45) is 5.41 Å². The number of likely N-dealkylation sites (tertiary alicyclic amines) is 2. The van der Waals surface area contributed by atoms with Crippen LogP contribution in [0.3, 0.4) is 0 Å². The molecule has 1 atom stereocenters. The molecule has 1 spiro atoms. The molecule has 0 saturated carbocycles. The molecule has 2 aliphatic heterocycles. The number of aryl methyl sites for hydroxylation is 2. The molecule has 142 valence electrons. The Balaban J connectivity index is 1.79. The van der Waals surface area contributed by atoms with E-state index in [0.717, 1.165) is 25.1 Å². The second-order valence-electron chi connectivity index (χ2n) is 7.49. The van der Waals surface area contributed by atoms with Crippen LogP contribution in [0.2, 0.25) is 0 Å². The van der Waals surface area contributed by atoms with Crippen molar-refractivity contribution in [2.45, 2.75) is 33.1 Å². The molecule has 0 aliphatic carbocycles. The minimum Gasteiger partial charge on any atom is -0.383 e. The normalized spacial score (nSPS) is 23.1. The van der Waals surface area contributed by atoms with Gasteiger partial charge in [0.15, 0.2) is 0 Å². The van der Waals surface area contributed by atoms with Gasteiger partial charge in [0.05, 0.1) is 12.0 Å². The highest BCUT2D eigenvalue weighted by Crippen LogP contribution is 2.40. The van der Waals surface area contributed by atoms with E-state index < -0.39 is 5.41 Å². The van der Waals surface area contributed by atoms with Crippen LogP contribution >= 0.6 is 0 Å². The van der Waals surface area contributed by atoms with Crippen LogP contribution in [0.15, 0.2) is 10.9 Å². The van der Waals surface area contributed by atoms with Crippen LogP contribution in [0.25, 0.3) is 0 Å². The summed E-state index contributed by atoms with van der Waals surface area (Å²) in [5, 5.41) is 0. The quantitative estimate of drug-likeness (QED) is 0.870. The van der Waals surface area contributed by atoms with Crippen molar-refractivity contribution in [2.75, 3.05) is 39.9 Å². The van der Waals surface area contributed by atoms with Crippen molar-refractivity contribution < 1.29 is 14.3 Å². The number of rotatable bonds is 4. The van der Waals surface area contributed by atoms with Gasteiger partial charge in [0, 0.05) is 39.0 Å². The third-order valence-corrected chi connectivity index (χ3v) is 5.61. The number of H-pyrrole nitrogens is 1. The lowest BCUT2D eigenvalue weighted by molar-refractivity contribution is -0.146. The molecule has 1 aromatic heterocycles. The van der Waals surface area contributed by atoms with Crippen LogP contribution in [0, 0.1) is 19.3 Å². The molecule has 1 aromatic rings. The molecule has 3 heterocycles. The number of nitrogens with zero attached hydrogens (tertiary/aromatic N) is 2. The summed E-state index contributed by atoms with van der Waals surface area (Å²) in [5.41, 5.74) is 0.733. The van der Waals surface area contributed by atoms with E-state index in [1.807, 2.05) is 4.90 Å². The molecule has 7 nitrogen and oxygen atoms in total. The fourth-order valence-electron chi connectivity index (χ4n) is 4.27. The SMILES string of the molecule is COCCN1CCC[C@@]2(CCN(C(=O)c3c(C)cc(C)[nH]c3=O)C2)C1=O. The molecular formula is C19H27N3O4. The van der Waals surface area contributed by atoms with Gasteiger partial charge in [0.1, 0.15) is 5.56 Å². The highest BCUT2D eigenvalue weighted by molar-refractivity contribution is 5.96. The average Bonchev–Trinajstić information content (AvgIpc) is 3.00. The number of carbonyl (C=O) groups excluding carboxylic acids is 2. The number of carbonyl (C=O) groups is 2. The Hall–Kier alpha value is -2.15. The van der Waals surface area contributed by atoms with Crippen LogP contribution in [0.5, 0.6) is 0 Å². The number of amides is 2. The molecule has 0 radical (unpaired) electrons. The maximum atomic E-state index is 13.0. The van der Waals surface area contributed by atoms with Crippen LogP contribution in [-0.4, -0.2) is 66.5 Å². The summed E-state index contributed by atoms with van der Waals surface area (Å²) in [6, 6.07) is 1.80. The van der Waals surface area contributed by atoms with E-state index >= 15 is 0 Å². The van der Waals surface area contributed by atoms with Crippen molar-refractivity contribution in [3.05, 3.63) is 33.2 Å². The minimum atomic E-state index is -0.507. The van der Waals surface area contributed by atoms with E-state index in [9.17, 15) is 14.4 Å². The van der Waals surface area contributed by atoms with E-state index in [1.165, 1.54) is 0 Å². The molecule has 3 rings (SSSR count). The summed E-state index contributed by atoms with van der Waals surface area (Å²) in [5.74, 6) is -0.159. The summed E-state index contributed by atoms with van der Waals surface area (Å²) in [7, 11) is 1.63. The number of aromatic nitrogens is 1. The number of aromatic amines is 1. The minimum absolute atomic E-state index is 0.116. The van der Waals surface area contributed by atoms with Crippen molar-refractivity contribution in [3.8, 4) is 0 Å². The third-order valence-electron chi connectivity index (χ3n) is 5.61. The first kappa shape index (κ1) is 18.6. The standard InChI is InChI=1S/C19H27N3O4/c1-13-11-14(2)20-16(23)15(13)17(24)22-8-6-19(12-22)5-4-7-21(18(19)25)9-10-26-3/h11H,4-10,12H2,1-3H3,(H,20,23)/t19-/m0/s1. The first-order valence-electron chi connectivity index (χ1n) is 9.16. The molecule has 2 saturated heterocycles. The van der Waals surface area contributed by atoms with Crippen molar-refractivity contribution in [3.63, 3.8) is 0 Å². The molecule has 2 aliphatic rings. The number of piperidine rings is 1. The number of hydrogen-bond acceptors (Lipinski definition) is 4. The van der Waals surface area contributed by atoms with Gasteiger partial charge in [-0.15, -0.1) is 0 Å². The summed E-state index contributed by atoms with van der Waals surface area (Å²) in [6.07, 6.45) is 2.38. The zero-order chi connectivity index (χ0) is 18.9. The van der Waals surface area contributed by atoms with E-state index in [1.54, 1.807) is 31.9 Å². The molecule has 0 unspecified atom stereocenters. The molecule has 0 aromatic carbocycles. The second-order valence-corrected chi connectivity index (χ2v) is 7.49. The van der Waals surface area contributed by atoms with Gasteiger partial charge in [0.25, 0.3) is 11.5 Å². The van der Waals surface area contributed by atoms with Crippen LogP contribution in [-0.2, 0) is 9.53 Å². The van der Waals surface area contributed by atoms with Gasteiger partial charge >= 0.3 is 0 Å². The Bertz CT molecular complexity index is 773. The number of methoxy groups -OCH3 is 1. The van der Waals surface area contributed by atoms with E-state index in [2.05, 4.69) is 4.98 Å². The summed E-state index contributed by atoms with van der Waals surface area (Å²) in [6.45, 7) is 6.32. The lowest BCUT2D eigenvalue weighted by Gasteiger charge is -2.39. The molecule has 26 heavy (non-hydrogen) atoms. The number of pyridine rings is 1. The zero-order valence-corrected chi connectivity index (χ0v) is 15.8. The fraction of sp³-hybridized carbons (Fsp3) is 0.632. The Labute approximate surface area is 153 Å². The molecular weight excluding hydrogens is 334 g/mol. The largest absolute Gasteiger partial charge is 0.383 e. The highest BCUT2D eigenvalue weighted by Gasteiger charge is 2.49. The topological polar surface area (TPSA) is 82.7 Å². The maximum absolute atomic E-state index is 13.0. The highest BCUT2D eigenvalue weighted by atomic mass is 16.5. The van der Waals surface area contributed by atoms with Gasteiger partial charge in [-0.3, -0.25) is 14.4 Å². The molecule has 1 N–H and O–H groups in total. The Morgan fingerprint density at radius 3 is 2.73 bits per heavy atom. The van der Waals surface area contributed by atoms with Crippen LogP contribution in [0.4, 0.5) is 0 Å². The fourth-order valence-corrected chi connectivity index (χ4v) is 4.27. The van der Waals surface area contributed by atoms with Gasteiger partial charge in [-0.1, -0.05) is 0 Å². The average molecular weight is 361 g/mol. The van der Waals surface area contributed by atoms with Gasteiger partial charge in [-0.2, -0.15) is 0 Å². The Kier molecular flexibility index (Phi) is 5.18. The van der Waals surface area contributed by atoms with Gasteiger partial charge < -0.3 is 19.5 Å². The number of ether oxygens (including phenoxy) is 1. The predicted octanol–water partition coefficient (Wildman–Crippen LogP) is 1.09.